The molecule has 6 heteroatoms. The molecular weight excluding hydrogens is 272 g/mol. The summed E-state index contributed by atoms with van der Waals surface area (Å²) in [6, 6.07) is 7.43. The van der Waals surface area contributed by atoms with Crippen molar-refractivity contribution >= 4 is 17.7 Å². The molecule has 2 aromatic heterocycles. The van der Waals surface area contributed by atoms with Gasteiger partial charge in [0.1, 0.15) is 0 Å². The summed E-state index contributed by atoms with van der Waals surface area (Å²) in [6.07, 6.45) is 5.02. The average molecular weight is 286 g/mol. The highest BCUT2D eigenvalue weighted by atomic mass is 32.2. The first-order valence-electron chi connectivity index (χ1n) is 6.04. The lowest BCUT2D eigenvalue weighted by atomic mass is 10.3. The molecular formula is C14H14N4OS. The van der Waals surface area contributed by atoms with Crippen LogP contribution in [0.3, 0.4) is 0 Å². The lowest BCUT2D eigenvalue weighted by Crippen LogP contribution is -2.25. The van der Waals surface area contributed by atoms with E-state index >= 15 is 0 Å². The van der Waals surface area contributed by atoms with Gasteiger partial charge in [-0.15, -0.1) is 6.58 Å². The lowest BCUT2D eigenvalue weighted by Gasteiger charge is -2.03. The zero-order valence-corrected chi connectivity index (χ0v) is 11.6. The topological polar surface area (TPSA) is 67.8 Å². The number of rotatable bonds is 6. The third-order valence-corrected chi connectivity index (χ3v) is 3.20. The Labute approximate surface area is 121 Å². The Morgan fingerprint density at radius 1 is 1.25 bits per heavy atom. The van der Waals surface area contributed by atoms with Gasteiger partial charge in [0, 0.05) is 18.9 Å². The normalized spacial score (nSPS) is 10.0. The highest BCUT2D eigenvalue weighted by Crippen LogP contribution is 2.17. The number of carbonyl (C=O) groups is 1. The van der Waals surface area contributed by atoms with E-state index in [4.69, 9.17) is 0 Å². The van der Waals surface area contributed by atoms with Crippen LogP contribution in [-0.4, -0.2) is 33.2 Å². The number of hydrogen-bond donors (Lipinski definition) is 1. The largest absolute Gasteiger partial charge is 0.352 e. The third-order valence-electron chi connectivity index (χ3n) is 2.34. The maximum Gasteiger partial charge on any atom is 0.230 e. The van der Waals surface area contributed by atoms with E-state index in [2.05, 4.69) is 26.8 Å². The Hall–Kier alpha value is -2.21. The zero-order chi connectivity index (χ0) is 14.2. The predicted molar refractivity (Wildman–Crippen MR) is 79.2 cm³/mol. The van der Waals surface area contributed by atoms with Crippen LogP contribution in [0, 0.1) is 0 Å². The van der Waals surface area contributed by atoms with Gasteiger partial charge < -0.3 is 5.32 Å². The number of carbonyl (C=O) groups excluding carboxylic acids is 1. The van der Waals surface area contributed by atoms with Crippen LogP contribution in [0.1, 0.15) is 0 Å². The van der Waals surface area contributed by atoms with Gasteiger partial charge in [0.2, 0.25) is 5.91 Å². The minimum Gasteiger partial charge on any atom is -0.352 e. The molecule has 20 heavy (non-hydrogen) atoms. The van der Waals surface area contributed by atoms with Gasteiger partial charge in [-0.25, -0.2) is 9.97 Å². The summed E-state index contributed by atoms with van der Waals surface area (Å²) in [4.78, 5) is 24.2. The van der Waals surface area contributed by atoms with Crippen molar-refractivity contribution in [3.8, 4) is 11.4 Å². The fourth-order valence-electron chi connectivity index (χ4n) is 1.43. The predicted octanol–water partition coefficient (Wildman–Crippen LogP) is 1.93. The molecule has 0 saturated heterocycles. The summed E-state index contributed by atoms with van der Waals surface area (Å²) in [5, 5.41) is 3.26. The molecule has 1 N–H and O–H groups in total. The standard InChI is InChI=1S/C14H14N4OS/c1-2-7-16-13(19)10-20-14-17-9-6-12(18-14)11-5-3-4-8-15-11/h2-6,8-9H,1,7,10H2,(H,16,19). The van der Waals surface area contributed by atoms with E-state index in [1.165, 1.54) is 11.8 Å². The van der Waals surface area contributed by atoms with Gasteiger partial charge in [-0.05, 0) is 18.2 Å². The minimum absolute atomic E-state index is 0.0678. The van der Waals surface area contributed by atoms with Crippen LogP contribution in [0.5, 0.6) is 0 Å². The van der Waals surface area contributed by atoms with Gasteiger partial charge in [0.25, 0.3) is 0 Å². The van der Waals surface area contributed by atoms with Gasteiger partial charge in [-0.2, -0.15) is 0 Å². The van der Waals surface area contributed by atoms with Crippen LogP contribution in [-0.2, 0) is 4.79 Å². The summed E-state index contributed by atoms with van der Waals surface area (Å²) < 4.78 is 0. The van der Waals surface area contributed by atoms with Gasteiger partial charge in [0.15, 0.2) is 5.16 Å². The molecule has 0 aliphatic carbocycles. The molecule has 0 radical (unpaired) electrons. The number of amides is 1. The number of pyridine rings is 1. The quantitative estimate of drug-likeness (QED) is 0.499. The van der Waals surface area contributed by atoms with Crippen molar-refractivity contribution < 1.29 is 4.79 Å². The van der Waals surface area contributed by atoms with Crippen molar-refractivity contribution in [3.05, 3.63) is 49.3 Å². The summed E-state index contributed by atoms with van der Waals surface area (Å²) in [6.45, 7) is 4.01. The second kappa shape index (κ2) is 7.40. The molecule has 0 unspecified atom stereocenters. The first-order chi connectivity index (χ1) is 9.79. The summed E-state index contributed by atoms with van der Waals surface area (Å²) in [7, 11) is 0. The highest BCUT2D eigenvalue weighted by Gasteiger charge is 2.06. The molecule has 0 aliphatic rings. The molecule has 0 bridgehead atoms. The van der Waals surface area contributed by atoms with Crippen molar-refractivity contribution in [2.24, 2.45) is 0 Å². The Morgan fingerprint density at radius 3 is 2.90 bits per heavy atom. The summed E-state index contributed by atoms with van der Waals surface area (Å²) >= 11 is 1.29. The molecule has 2 aromatic rings. The molecule has 0 fully saturated rings. The second-order valence-electron chi connectivity index (χ2n) is 3.82. The van der Waals surface area contributed by atoms with E-state index < -0.39 is 0 Å². The fraction of sp³-hybridized carbons (Fsp3) is 0.143. The maximum atomic E-state index is 11.5. The van der Waals surface area contributed by atoms with E-state index in [9.17, 15) is 4.79 Å². The van der Waals surface area contributed by atoms with Crippen molar-refractivity contribution in [1.29, 1.82) is 0 Å². The molecule has 0 aromatic carbocycles. The first kappa shape index (κ1) is 14.2. The molecule has 102 valence electrons. The van der Waals surface area contributed by atoms with Crippen molar-refractivity contribution in [1.82, 2.24) is 20.3 Å². The van der Waals surface area contributed by atoms with Crippen LogP contribution in [0.2, 0.25) is 0 Å². The van der Waals surface area contributed by atoms with Crippen LogP contribution < -0.4 is 5.32 Å². The molecule has 1 amide bonds. The maximum absolute atomic E-state index is 11.5. The molecule has 0 spiro atoms. The summed E-state index contributed by atoms with van der Waals surface area (Å²) in [5.41, 5.74) is 1.53. The van der Waals surface area contributed by atoms with E-state index in [-0.39, 0.29) is 11.7 Å². The van der Waals surface area contributed by atoms with Crippen molar-refractivity contribution in [2.75, 3.05) is 12.3 Å². The SMILES string of the molecule is C=CCNC(=O)CSc1nccc(-c2ccccn2)n1. The fourth-order valence-corrected chi connectivity index (χ4v) is 2.09. The van der Waals surface area contributed by atoms with E-state index in [0.29, 0.717) is 11.7 Å². The molecule has 5 nitrogen and oxygen atoms in total. The van der Waals surface area contributed by atoms with Gasteiger partial charge >= 0.3 is 0 Å². The van der Waals surface area contributed by atoms with Crippen molar-refractivity contribution in [2.45, 2.75) is 5.16 Å². The zero-order valence-electron chi connectivity index (χ0n) is 10.8. The number of nitrogens with zero attached hydrogens (tertiary/aromatic N) is 3. The molecule has 0 atom stereocenters. The summed E-state index contributed by atoms with van der Waals surface area (Å²) in [5.74, 6) is 0.209. The first-order valence-corrected chi connectivity index (χ1v) is 7.03. The van der Waals surface area contributed by atoms with Crippen molar-refractivity contribution in [3.63, 3.8) is 0 Å². The Morgan fingerprint density at radius 2 is 2.15 bits per heavy atom. The number of hydrogen-bond acceptors (Lipinski definition) is 5. The molecule has 2 heterocycles. The van der Waals surface area contributed by atoms with E-state index in [1.807, 2.05) is 18.2 Å². The molecule has 0 saturated carbocycles. The Kier molecular flexibility index (Phi) is 5.25. The highest BCUT2D eigenvalue weighted by molar-refractivity contribution is 7.99. The number of aromatic nitrogens is 3. The van der Waals surface area contributed by atoms with E-state index in [0.717, 1.165) is 11.4 Å². The molecule has 0 aliphatic heterocycles. The third kappa shape index (κ3) is 4.17. The number of thioether (sulfide) groups is 1. The van der Waals surface area contributed by atoms with Crippen LogP contribution in [0.25, 0.3) is 11.4 Å². The second-order valence-corrected chi connectivity index (χ2v) is 4.76. The van der Waals surface area contributed by atoms with Gasteiger partial charge in [-0.1, -0.05) is 23.9 Å². The smallest absolute Gasteiger partial charge is 0.230 e. The van der Waals surface area contributed by atoms with Crippen LogP contribution >= 0.6 is 11.8 Å². The van der Waals surface area contributed by atoms with Crippen LogP contribution in [0.4, 0.5) is 0 Å². The van der Waals surface area contributed by atoms with Crippen LogP contribution in [0.15, 0.2) is 54.5 Å². The monoisotopic (exact) mass is 286 g/mol. The van der Waals surface area contributed by atoms with Gasteiger partial charge in [-0.3, -0.25) is 9.78 Å². The Balaban J connectivity index is 2.00. The Bertz CT molecular complexity index is 589. The lowest BCUT2D eigenvalue weighted by molar-refractivity contribution is -0.118. The van der Waals surface area contributed by atoms with Gasteiger partial charge in [0.05, 0.1) is 17.1 Å². The number of nitrogens with one attached hydrogen (secondary N) is 1. The average Bonchev–Trinajstić information content (AvgIpc) is 2.52. The minimum atomic E-state index is -0.0678. The van der Waals surface area contributed by atoms with E-state index in [1.54, 1.807) is 24.5 Å². The molecule has 2 rings (SSSR count).